The molecule has 1 aromatic rings. The second kappa shape index (κ2) is 6.31. The number of carbonyl (C=O) groups excluding carboxylic acids is 1. The average Bonchev–Trinajstić information content (AvgIpc) is 2.72. The molecule has 0 aromatic carbocycles. The molecule has 1 atom stereocenters. The first-order valence-corrected chi connectivity index (χ1v) is 5.43. The topological polar surface area (TPSA) is 97.5 Å². The minimum absolute atomic E-state index is 0.107. The summed E-state index contributed by atoms with van der Waals surface area (Å²) in [6, 6.07) is 0. The van der Waals surface area contributed by atoms with Crippen LogP contribution in [0.4, 0.5) is 0 Å². The second-order valence-corrected chi connectivity index (χ2v) is 3.64. The van der Waals surface area contributed by atoms with Crippen molar-refractivity contribution in [2.24, 2.45) is 0 Å². The number of aromatic nitrogens is 3. The first-order valence-electron chi connectivity index (χ1n) is 5.43. The Bertz CT molecular complexity index is 378. The monoisotopic (exact) mass is 243 g/mol. The molecule has 7 nitrogen and oxygen atoms in total. The predicted molar refractivity (Wildman–Crippen MR) is 58.4 cm³/mol. The van der Waals surface area contributed by atoms with Gasteiger partial charge in [-0.2, -0.15) is 0 Å². The van der Waals surface area contributed by atoms with Crippen LogP contribution < -0.4 is 0 Å². The smallest absolute Gasteiger partial charge is 0.360 e. The van der Waals surface area contributed by atoms with Crippen LogP contribution in [0.25, 0.3) is 0 Å². The van der Waals surface area contributed by atoms with Gasteiger partial charge in [-0.15, -0.1) is 5.10 Å². The number of hydrogen-bond donors (Lipinski definition) is 2. The third kappa shape index (κ3) is 3.24. The van der Waals surface area contributed by atoms with Crippen molar-refractivity contribution in [3.63, 3.8) is 0 Å². The Balaban J connectivity index is 2.97. The summed E-state index contributed by atoms with van der Waals surface area (Å²) in [5, 5.41) is 25.7. The number of nitrogens with zero attached hydrogens (tertiary/aromatic N) is 3. The van der Waals surface area contributed by atoms with Crippen molar-refractivity contribution >= 4 is 5.97 Å². The minimum Gasteiger partial charge on any atom is -0.464 e. The number of aliphatic hydroxyl groups excluding tert-OH is 2. The minimum atomic E-state index is -0.919. The maximum Gasteiger partial charge on any atom is 0.360 e. The number of methoxy groups -OCH3 is 1. The Morgan fingerprint density at radius 2 is 2.29 bits per heavy atom. The van der Waals surface area contributed by atoms with Gasteiger partial charge in [0, 0.05) is 0 Å². The van der Waals surface area contributed by atoms with Crippen LogP contribution in [0.3, 0.4) is 0 Å². The van der Waals surface area contributed by atoms with E-state index in [2.05, 4.69) is 15.0 Å². The van der Waals surface area contributed by atoms with Gasteiger partial charge in [0.05, 0.1) is 32.1 Å². The third-order valence-corrected chi connectivity index (χ3v) is 2.30. The van der Waals surface area contributed by atoms with Gasteiger partial charge in [0.15, 0.2) is 5.69 Å². The number of hydrogen-bond acceptors (Lipinski definition) is 6. The molecule has 0 saturated heterocycles. The van der Waals surface area contributed by atoms with Gasteiger partial charge in [0.1, 0.15) is 0 Å². The van der Waals surface area contributed by atoms with Crippen LogP contribution in [0.15, 0.2) is 0 Å². The molecule has 0 aliphatic rings. The van der Waals surface area contributed by atoms with Crippen LogP contribution in [0, 0.1) is 0 Å². The molecule has 1 rings (SSSR count). The molecule has 96 valence electrons. The van der Waals surface area contributed by atoms with Crippen LogP contribution in [-0.2, 0) is 17.7 Å². The van der Waals surface area contributed by atoms with Crippen molar-refractivity contribution in [2.75, 3.05) is 13.7 Å². The summed E-state index contributed by atoms with van der Waals surface area (Å²) >= 11 is 0. The molecule has 0 amide bonds. The lowest BCUT2D eigenvalue weighted by molar-refractivity contribution is 0.0591. The van der Waals surface area contributed by atoms with Crippen LogP contribution in [0.5, 0.6) is 0 Å². The van der Waals surface area contributed by atoms with Gasteiger partial charge < -0.3 is 14.9 Å². The number of carbonyl (C=O) groups is 1. The van der Waals surface area contributed by atoms with Gasteiger partial charge in [-0.1, -0.05) is 18.6 Å². The lowest BCUT2D eigenvalue weighted by atomic mass is 10.2. The van der Waals surface area contributed by atoms with Gasteiger partial charge in [0.2, 0.25) is 0 Å². The van der Waals surface area contributed by atoms with Gasteiger partial charge in [0.25, 0.3) is 0 Å². The molecule has 0 aliphatic heterocycles. The maximum absolute atomic E-state index is 11.4. The van der Waals surface area contributed by atoms with Crippen LogP contribution in [0.1, 0.15) is 29.5 Å². The van der Waals surface area contributed by atoms with E-state index in [1.54, 1.807) is 0 Å². The normalized spacial score (nSPS) is 12.5. The molecule has 0 spiro atoms. The summed E-state index contributed by atoms with van der Waals surface area (Å²) in [4.78, 5) is 11.4. The zero-order valence-electron chi connectivity index (χ0n) is 9.96. The highest BCUT2D eigenvalue weighted by molar-refractivity contribution is 5.88. The molecule has 0 aliphatic carbocycles. The SMILES string of the molecule is CCCc1c(C(=O)OC)nnn1CC(O)CO. The lowest BCUT2D eigenvalue weighted by Gasteiger charge is -2.09. The molecule has 1 unspecified atom stereocenters. The summed E-state index contributed by atoms with van der Waals surface area (Å²) in [5.41, 5.74) is 0.784. The van der Waals surface area contributed by atoms with Crippen molar-refractivity contribution in [1.29, 1.82) is 0 Å². The lowest BCUT2D eigenvalue weighted by Crippen LogP contribution is -2.22. The van der Waals surface area contributed by atoms with E-state index >= 15 is 0 Å². The average molecular weight is 243 g/mol. The van der Waals surface area contributed by atoms with Crippen LogP contribution in [0.2, 0.25) is 0 Å². The van der Waals surface area contributed by atoms with E-state index in [0.29, 0.717) is 12.1 Å². The molecule has 1 heterocycles. The molecule has 0 fully saturated rings. The quantitative estimate of drug-likeness (QED) is 0.646. The predicted octanol–water partition coefficient (Wildman–Crippen LogP) is -0.630. The number of rotatable bonds is 6. The largest absolute Gasteiger partial charge is 0.464 e. The Morgan fingerprint density at radius 1 is 1.59 bits per heavy atom. The Kier molecular flexibility index (Phi) is 5.05. The van der Waals surface area contributed by atoms with Crippen LogP contribution in [-0.4, -0.2) is 51.0 Å². The molecular formula is C10H17N3O4. The molecule has 1 aromatic heterocycles. The van der Waals surface area contributed by atoms with Gasteiger partial charge in [-0.3, -0.25) is 0 Å². The van der Waals surface area contributed by atoms with E-state index in [-0.39, 0.29) is 18.8 Å². The first-order chi connectivity index (χ1) is 8.13. The highest BCUT2D eigenvalue weighted by atomic mass is 16.5. The zero-order valence-corrected chi connectivity index (χ0v) is 9.96. The molecule has 2 N–H and O–H groups in total. The summed E-state index contributed by atoms with van der Waals surface area (Å²) in [6.45, 7) is 1.70. The Morgan fingerprint density at radius 3 is 2.82 bits per heavy atom. The molecule has 0 saturated carbocycles. The van der Waals surface area contributed by atoms with Crippen molar-refractivity contribution in [3.8, 4) is 0 Å². The maximum atomic E-state index is 11.4. The van der Waals surface area contributed by atoms with E-state index in [4.69, 9.17) is 5.11 Å². The highest BCUT2D eigenvalue weighted by Crippen LogP contribution is 2.10. The fourth-order valence-corrected chi connectivity index (χ4v) is 1.48. The summed E-state index contributed by atoms with van der Waals surface area (Å²) in [7, 11) is 1.28. The Hall–Kier alpha value is -1.47. The molecule has 0 radical (unpaired) electrons. The van der Waals surface area contributed by atoms with Gasteiger partial charge in [-0.05, 0) is 6.42 Å². The molecule has 0 bridgehead atoms. The Labute approximate surface area is 99.0 Å². The molecule has 17 heavy (non-hydrogen) atoms. The fourth-order valence-electron chi connectivity index (χ4n) is 1.48. The third-order valence-electron chi connectivity index (χ3n) is 2.30. The van der Waals surface area contributed by atoms with Crippen LogP contribution >= 0.6 is 0 Å². The van der Waals surface area contributed by atoms with Crippen molar-refractivity contribution in [1.82, 2.24) is 15.0 Å². The summed E-state index contributed by atoms with van der Waals surface area (Å²) < 4.78 is 6.03. The molecular weight excluding hydrogens is 226 g/mol. The van der Waals surface area contributed by atoms with Crippen molar-refractivity contribution in [3.05, 3.63) is 11.4 Å². The number of esters is 1. The fraction of sp³-hybridized carbons (Fsp3) is 0.700. The van der Waals surface area contributed by atoms with Crippen molar-refractivity contribution in [2.45, 2.75) is 32.4 Å². The van der Waals surface area contributed by atoms with Gasteiger partial charge in [-0.25, -0.2) is 9.48 Å². The number of ether oxygens (including phenoxy) is 1. The van der Waals surface area contributed by atoms with E-state index in [1.807, 2.05) is 6.92 Å². The van der Waals surface area contributed by atoms with E-state index in [0.717, 1.165) is 6.42 Å². The summed E-state index contributed by atoms with van der Waals surface area (Å²) in [5.74, 6) is -0.543. The van der Waals surface area contributed by atoms with Gasteiger partial charge >= 0.3 is 5.97 Å². The second-order valence-electron chi connectivity index (χ2n) is 3.64. The summed E-state index contributed by atoms with van der Waals surface area (Å²) in [6.07, 6.45) is 0.500. The van der Waals surface area contributed by atoms with E-state index in [1.165, 1.54) is 11.8 Å². The zero-order chi connectivity index (χ0) is 12.8. The highest BCUT2D eigenvalue weighted by Gasteiger charge is 2.20. The van der Waals surface area contributed by atoms with E-state index < -0.39 is 12.1 Å². The van der Waals surface area contributed by atoms with Crippen molar-refractivity contribution < 1.29 is 19.7 Å². The van der Waals surface area contributed by atoms with E-state index in [9.17, 15) is 9.90 Å². The first kappa shape index (κ1) is 13.6. The molecule has 7 heteroatoms. The number of aliphatic hydroxyl groups is 2. The standard InChI is InChI=1S/C10H17N3O4/c1-3-4-8-9(10(16)17-2)11-12-13(8)5-7(15)6-14/h7,14-15H,3-6H2,1-2H3.